The van der Waals surface area contributed by atoms with Crippen molar-refractivity contribution in [1.82, 2.24) is 0 Å². The van der Waals surface area contributed by atoms with Crippen molar-refractivity contribution in [2.75, 3.05) is 11.9 Å². The van der Waals surface area contributed by atoms with E-state index in [4.69, 9.17) is 9.84 Å². The number of carboxylic acids is 1. The first kappa shape index (κ1) is 10.8. The number of carboxylic acid groups (broad SMARTS) is 1. The fourth-order valence-corrected chi connectivity index (χ4v) is 1.67. The highest BCUT2D eigenvalue weighted by molar-refractivity contribution is 5.89. The molecule has 2 N–H and O–H groups in total. The second-order valence-corrected chi connectivity index (χ2v) is 4.32. The van der Waals surface area contributed by atoms with Gasteiger partial charge in [-0.25, -0.2) is 4.79 Å². The zero-order chi connectivity index (χ0) is 11.7. The summed E-state index contributed by atoms with van der Waals surface area (Å²) in [5, 5.41) is 12.2. The van der Waals surface area contributed by atoms with Crippen LogP contribution in [0, 0.1) is 5.92 Å². The van der Waals surface area contributed by atoms with Gasteiger partial charge in [0.1, 0.15) is 12.4 Å². The van der Waals surface area contributed by atoms with Gasteiger partial charge in [-0.05, 0) is 24.1 Å². The molecule has 16 heavy (non-hydrogen) atoms. The Balaban J connectivity index is 2.25. The number of ether oxygens (including phenoxy) is 1. The molecule has 0 saturated heterocycles. The molecule has 1 aliphatic heterocycles. The van der Waals surface area contributed by atoms with Crippen molar-refractivity contribution < 1.29 is 14.6 Å². The lowest BCUT2D eigenvalue weighted by Crippen LogP contribution is -2.35. The topological polar surface area (TPSA) is 58.6 Å². The molecule has 86 valence electrons. The van der Waals surface area contributed by atoms with Gasteiger partial charge < -0.3 is 15.2 Å². The summed E-state index contributed by atoms with van der Waals surface area (Å²) in [6, 6.07) is 5.18. The van der Waals surface area contributed by atoms with Crippen LogP contribution >= 0.6 is 0 Å². The summed E-state index contributed by atoms with van der Waals surface area (Å²) >= 11 is 0. The SMILES string of the molecule is CC(C)C1COc2cc(C(=O)O)ccc2N1. The second kappa shape index (κ2) is 4.04. The third-order valence-electron chi connectivity index (χ3n) is 2.79. The Morgan fingerprint density at radius 1 is 1.56 bits per heavy atom. The van der Waals surface area contributed by atoms with Gasteiger partial charge in [0.25, 0.3) is 0 Å². The molecule has 0 amide bonds. The van der Waals surface area contributed by atoms with E-state index in [1.165, 1.54) is 0 Å². The summed E-state index contributed by atoms with van der Waals surface area (Å²) in [6.45, 7) is 4.82. The van der Waals surface area contributed by atoms with E-state index in [0.717, 1.165) is 5.69 Å². The molecule has 4 nitrogen and oxygen atoms in total. The van der Waals surface area contributed by atoms with Gasteiger partial charge in [-0.15, -0.1) is 0 Å². The van der Waals surface area contributed by atoms with Crippen LogP contribution in [0.25, 0.3) is 0 Å². The van der Waals surface area contributed by atoms with E-state index >= 15 is 0 Å². The van der Waals surface area contributed by atoms with Gasteiger partial charge in [-0.2, -0.15) is 0 Å². The molecule has 1 atom stereocenters. The van der Waals surface area contributed by atoms with Crippen molar-refractivity contribution in [3.8, 4) is 5.75 Å². The van der Waals surface area contributed by atoms with Gasteiger partial charge in [0.2, 0.25) is 0 Å². The zero-order valence-corrected chi connectivity index (χ0v) is 9.36. The van der Waals surface area contributed by atoms with Crippen LogP contribution in [0.2, 0.25) is 0 Å². The molecule has 0 aliphatic carbocycles. The normalized spacial score (nSPS) is 18.6. The van der Waals surface area contributed by atoms with Crippen LogP contribution in [0.4, 0.5) is 5.69 Å². The predicted octanol–water partition coefficient (Wildman–Crippen LogP) is 2.21. The average molecular weight is 221 g/mol. The van der Waals surface area contributed by atoms with Crippen LogP contribution in [-0.2, 0) is 0 Å². The summed E-state index contributed by atoms with van der Waals surface area (Å²) in [7, 11) is 0. The molecule has 1 aromatic carbocycles. The predicted molar refractivity (Wildman–Crippen MR) is 61.1 cm³/mol. The summed E-state index contributed by atoms with van der Waals surface area (Å²) in [6.07, 6.45) is 0. The Bertz CT molecular complexity index is 415. The number of hydrogen-bond acceptors (Lipinski definition) is 3. The van der Waals surface area contributed by atoms with Crippen molar-refractivity contribution in [2.45, 2.75) is 19.9 Å². The minimum absolute atomic E-state index is 0.253. The molecule has 1 aliphatic rings. The number of anilines is 1. The van der Waals surface area contributed by atoms with E-state index in [9.17, 15) is 4.79 Å². The van der Waals surface area contributed by atoms with Crippen LogP contribution in [0.5, 0.6) is 5.75 Å². The molecule has 1 heterocycles. The Morgan fingerprint density at radius 2 is 2.31 bits per heavy atom. The second-order valence-electron chi connectivity index (χ2n) is 4.32. The molecule has 0 aromatic heterocycles. The molecule has 2 rings (SSSR count). The summed E-state index contributed by atoms with van der Waals surface area (Å²) in [5.74, 6) is 0.168. The highest BCUT2D eigenvalue weighted by Crippen LogP contribution is 2.31. The zero-order valence-electron chi connectivity index (χ0n) is 9.36. The summed E-state index contributed by atoms with van der Waals surface area (Å²) < 4.78 is 5.56. The Hall–Kier alpha value is -1.71. The fraction of sp³-hybridized carbons (Fsp3) is 0.417. The number of rotatable bonds is 2. The minimum atomic E-state index is -0.933. The van der Waals surface area contributed by atoms with Crippen molar-refractivity contribution in [3.05, 3.63) is 23.8 Å². The number of aromatic carboxylic acids is 1. The lowest BCUT2D eigenvalue weighted by Gasteiger charge is -2.30. The standard InChI is InChI=1S/C12H15NO3/c1-7(2)10-6-16-11-5-8(12(14)15)3-4-9(11)13-10/h3-5,7,10,13H,6H2,1-2H3,(H,14,15). The van der Waals surface area contributed by atoms with Crippen LogP contribution in [0.3, 0.4) is 0 Å². The average Bonchev–Trinajstić information content (AvgIpc) is 2.27. The Kier molecular flexibility index (Phi) is 2.73. The van der Waals surface area contributed by atoms with Gasteiger partial charge >= 0.3 is 5.97 Å². The lowest BCUT2D eigenvalue weighted by molar-refractivity contribution is 0.0696. The molecule has 1 unspecified atom stereocenters. The van der Waals surface area contributed by atoms with Crippen LogP contribution in [-0.4, -0.2) is 23.7 Å². The molecule has 0 fully saturated rings. The van der Waals surface area contributed by atoms with E-state index < -0.39 is 5.97 Å². The number of benzene rings is 1. The van der Waals surface area contributed by atoms with Gasteiger partial charge in [-0.1, -0.05) is 13.8 Å². The smallest absolute Gasteiger partial charge is 0.335 e. The first-order valence-corrected chi connectivity index (χ1v) is 5.34. The van der Waals surface area contributed by atoms with Gasteiger partial charge in [-0.3, -0.25) is 0 Å². The van der Waals surface area contributed by atoms with Crippen molar-refractivity contribution in [2.24, 2.45) is 5.92 Å². The van der Waals surface area contributed by atoms with E-state index in [2.05, 4.69) is 19.2 Å². The third-order valence-corrected chi connectivity index (χ3v) is 2.79. The van der Waals surface area contributed by atoms with E-state index in [0.29, 0.717) is 18.3 Å². The molecular weight excluding hydrogens is 206 g/mol. The Labute approximate surface area is 94.2 Å². The maximum Gasteiger partial charge on any atom is 0.335 e. The number of nitrogens with one attached hydrogen (secondary N) is 1. The quantitative estimate of drug-likeness (QED) is 0.803. The first-order valence-electron chi connectivity index (χ1n) is 5.34. The van der Waals surface area contributed by atoms with Crippen molar-refractivity contribution in [3.63, 3.8) is 0 Å². The van der Waals surface area contributed by atoms with Gasteiger partial charge in [0.15, 0.2) is 0 Å². The van der Waals surface area contributed by atoms with Crippen LogP contribution in [0.1, 0.15) is 24.2 Å². The lowest BCUT2D eigenvalue weighted by atomic mass is 10.0. The summed E-state index contributed by atoms with van der Waals surface area (Å²) in [4.78, 5) is 10.8. The molecule has 4 heteroatoms. The van der Waals surface area contributed by atoms with Crippen molar-refractivity contribution >= 4 is 11.7 Å². The van der Waals surface area contributed by atoms with Gasteiger partial charge in [0, 0.05) is 0 Å². The van der Waals surface area contributed by atoms with E-state index in [1.807, 2.05) is 0 Å². The molecule has 0 spiro atoms. The maximum atomic E-state index is 10.8. The molecule has 1 aromatic rings. The number of carbonyl (C=O) groups is 1. The number of hydrogen-bond donors (Lipinski definition) is 2. The van der Waals surface area contributed by atoms with Crippen molar-refractivity contribution in [1.29, 1.82) is 0 Å². The highest BCUT2D eigenvalue weighted by atomic mass is 16.5. The molecular formula is C12H15NO3. The summed E-state index contributed by atoms with van der Waals surface area (Å²) in [5.41, 5.74) is 1.12. The molecule has 0 bridgehead atoms. The third kappa shape index (κ3) is 1.96. The van der Waals surface area contributed by atoms with Gasteiger partial charge in [0.05, 0.1) is 17.3 Å². The highest BCUT2D eigenvalue weighted by Gasteiger charge is 2.22. The first-order chi connectivity index (χ1) is 7.58. The monoisotopic (exact) mass is 221 g/mol. The fourth-order valence-electron chi connectivity index (χ4n) is 1.67. The number of fused-ring (bicyclic) bond motifs is 1. The van der Waals surface area contributed by atoms with Crippen LogP contribution in [0.15, 0.2) is 18.2 Å². The minimum Gasteiger partial charge on any atom is -0.489 e. The van der Waals surface area contributed by atoms with E-state index in [-0.39, 0.29) is 11.6 Å². The van der Waals surface area contributed by atoms with Crippen LogP contribution < -0.4 is 10.1 Å². The maximum absolute atomic E-state index is 10.8. The molecule has 0 saturated carbocycles. The van der Waals surface area contributed by atoms with E-state index in [1.54, 1.807) is 18.2 Å². The molecule has 0 radical (unpaired) electrons. The Morgan fingerprint density at radius 3 is 2.94 bits per heavy atom. The largest absolute Gasteiger partial charge is 0.489 e.